The Balaban J connectivity index is 2.59. The summed E-state index contributed by atoms with van der Waals surface area (Å²) in [6.45, 7) is 0. The molecule has 0 radical (unpaired) electrons. The molecule has 0 fully saturated rings. The molecule has 3 N–H and O–H groups in total. The highest BCUT2D eigenvalue weighted by atomic mass is 35.5. The number of halogens is 1. The summed E-state index contributed by atoms with van der Waals surface area (Å²) < 4.78 is 0. The van der Waals surface area contributed by atoms with E-state index in [4.69, 9.17) is 17.3 Å². The lowest BCUT2D eigenvalue weighted by molar-refractivity contribution is 0.166. The van der Waals surface area contributed by atoms with Gasteiger partial charge in [-0.25, -0.2) is 0 Å². The summed E-state index contributed by atoms with van der Waals surface area (Å²) in [5, 5.41) is 9.53. The summed E-state index contributed by atoms with van der Waals surface area (Å²) in [5.74, 6) is 0. The topological polar surface area (TPSA) is 46.2 Å². The minimum Gasteiger partial charge on any atom is -0.388 e. The van der Waals surface area contributed by atoms with Crippen molar-refractivity contribution in [1.29, 1.82) is 0 Å². The Morgan fingerprint density at radius 3 is 2.42 bits per heavy atom. The number of nitrogens with two attached hydrogens (primary N) is 1. The highest BCUT2D eigenvalue weighted by molar-refractivity contribution is 6.20. The van der Waals surface area contributed by atoms with Crippen LogP contribution in [0.2, 0.25) is 0 Å². The molecule has 0 saturated heterocycles. The van der Waals surface area contributed by atoms with Crippen LogP contribution in [0.15, 0.2) is 30.3 Å². The van der Waals surface area contributed by atoms with Gasteiger partial charge in [-0.05, 0) is 5.56 Å². The third-order valence-corrected chi connectivity index (χ3v) is 1.81. The van der Waals surface area contributed by atoms with Crippen LogP contribution in [0.5, 0.6) is 0 Å². The first-order chi connectivity index (χ1) is 5.70. The maximum atomic E-state index is 9.53. The molecule has 0 aliphatic heterocycles. The number of benzene rings is 1. The first-order valence-electron chi connectivity index (χ1n) is 3.83. The van der Waals surface area contributed by atoms with Gasteiger partial charge in [0.1, 0.15) is 0 Å². The lowest BCUT2D eigenvalue weighted by atomic mass is 10.1. The van der Waals surface area contributed by atoms with Gasteiger partial charge in [0.05, 0.1) is 11.6 Å². The summed E-state index contributed by atoms with van der Waals surface area (Å²) in [6.07, 6.45) is -0.176. The monoisotopic (exact) mass is 185 g/mol. The third-order valence-electron chi connectivity index (χ3n) is 1.63. The SMILES string of the molecule is NC(Cl)CC(O)c1ccccc1. The second kappa shape index (κ2) is 4.45. The second-order valence-electron chi connectivity index (χ2n) is 2.68. The zero-order valence-corrected chi connectivity index (χ0v) is 7.41. The van der Waals surface area contributed by atoms with Crippen LogP contribution >= 0.6 is 11.6 Å². The first-order valence-corrected chi connectivity index (χ1v) is 4.26. The summed E-state index contributed by atoms with van der Waals surface area (Å²) in [7, 11) is 0. The largest absolute Gasteiger partial charge is 0.388 e. The van der Waals surface area contributed by atoms with Crippen LogP contribution in [0.25, 0.3) is 0 Å². The van der Waals surface area contributed by atoms with E-state index in [0.29, 0.717) is 6.42 Å². The Hall–Kier alpha value is -0.570. The Kier molecular flexibility index (Phi) is 3.53. The first kappa shape index (κ1) is 9.52. The van der Waals surface area contributed by atoms with Gasteiger partial charge in [-0.3, -0.25) is 0 Å². The number of aliphatic hydroxyl groups is 1. The molecule has 2 atom stereocenters. The minimum absolute atomic E-state index is 0.381. The van der Waals surface area contributed by atoms with Crippen LogP contribution < -0.4 is 5.73 Å². The van der Waals surface area contributed by atoms with Crippen LogP contribution in [0.1, 0.15) is 18.1 Å². The minimum atomic E-state index is -0.557. The van der Waals surface area contributed by atoms with Crippen molar-refractivity contribution < 1.29 is 5.11 Å². The van der Waals surface area contributed by atoms with Gasteiger partial charge >= 0.3 is 0 Å². The second-order valence-corrected chi connectivity index (χ2v) is 3.24. The van der Waals surface area contributed by atoms with Gasteiger partial charge in [0.25, 0.3) is 0 Å². The van der Waals surface area contributed by atoms with Crippen LogP contribution in [-0.4, -0.2) is 10.6 Å². The van der Waals surface area contributed by atoms with E-state index in [2.05, 4.69) is 0 Å². The molecule has 0 spiro atoms. The van der Waals surface area contributed by atoms with E-state index in [1.807, 2.05) is 30.3 Å². The Labute approximate surface area is 77.0 Å². The third kappa shape index (κ3) is 2.81. The van der Waals surface area contributed by atoms with Crippen molar-refractivity contribution in [1.82, 2.24) is 0 Å². The quantitative estimate of drug-likeness (QED) is 0.556. The molecule has 0 aromatic heterocycles. The van der Waals surface area contributed by atoms with Gasteiger partial charge in [0, 0.05) is 6.42 Å². The van der Waals surface area contributed by atoms with Crippen molar-refractivity contribution in [3.8, 4) is 0 Å². The zero-order chi connectivity index (χ0) is 8.97. The number of alkyl halides is 1. The molecular weight excluding hydrogens is 174 g/mol. The molecule has 0 saturated carbocycles. The number of aliphatic hydroxyl groups excluding tert-OH is 1. The fourth-order valence-corrected chi connectivity index (χ4v) is 1.19. The molecule has 0 bridgehead atoms. The molecule has 0 heterocycles. The van der Waals surface area contributed by atoms with Gasteiger partial charge in [0.2, 0.25) is 0 Å². The van der Waals surface area contributed by atoms with Crippen LogP contribution in [0, 0.1) is 0 Å². The maximum absolute atomic E-state index is 9.53. The molecule has 1 rings (SSSR count). The average Bonchev–Trinajstić information content (AvgIpc) is 2.05. The maximum Gasteiger partial charge on any atom is 0.0828 e. The van der Waals surface area contributed by atoms with E-state index in [1.165, 1.54) is 0 Å². The summed E-state index contributed by atoms with van der Waals surface area (Å²) in [5.41, 5.74) is 5.71. The van der Waals surface area contributed by atoms with Gasteiger partial charge in [-0.1, -0.05) is 30.3 Å². The molecule has 2 nitrogen and oxygen atoms in total. The molecule has 1 aromatic rings. The summed E-state index contributed by atoms with van der Waals surface area (Å²) in [4.78, 5) is 0. The predicted octanol–water partition coefficient (Wildman–Crippen LogP) is 1.63. The normalized spacial score (nSPS) is 15.6. The number of hydrogen-bond acceptors (Lipinski definition) is 2. The van der Waals surface area contributed by atoms with Crippen LogP contribution in [0.3, 0.4) is 0 Å². The molecule has 66 valence electrons. The average molecular weight is 186 g/mol. The van der Waals surface area contributed by atoms with Gasteiger partial charge in [0.15, 0.2) is 0 Å². The van der Waals surface area contributed by atoms with E-state index in [0.717, 1.165) is 5.56 Å². The van der Waals surface area contributed by atoms with Crippen molar-refractivity contribution in [2.24, 2.45) is 5.73 Å². The van der Waals surface area contributed by atoms with E-state index < -0.39 is 11.6 Å². The van der Waals surface area contributed by atoms with Crippen LogP contribution in [0.4, 0.5) is 0 Å². The van der Waals surface area contributed by atoms with E-state index in [1.54, 1.807) is 0 Å². The van der Waals surface area contributed by atoms with E-state index in [9.17, 15) is 5.11 Å². The van der Waals surface area contributed by atoms with Crippen LogP contribution in [-0.2, 0) is 0 Å². The molecule has 3 heteroatoms. The van der Waals surface area contributed by atoms with Crippen molar-refractivity contribution in [2.75, 3.05) is 0 Å². The van der Waals surface area contributed by atoms with Crippen molar-refractivity contribution in [2.45, 2.75) is 18.0 Å². The molecule has 0 aliphatic carbocycles. The van der Waals surface area contributed by atoms with Gasteiger partial charge < -0.3 is 10.8 Å². The summed E-state index contributed by atoms with van der Waals surface area (Å²) in [6, 6.07) is 9.35. The lowest BCUT2D eigenvalue weighted by Crippen LogP contribution is -2.15. The van der Waals surface area contributed by atoms with Crippen molar-refractivity contribution >= 4 is 11.6 Å². The molecule has 0 aliphatic rings. The van der Waals surface area contributed by atoms with Crippen molar-refractivity contribution in [3.63, 3.8) is 0 Å². The zero-order valence-electron chi connectivity index (χ0n) is 6.65. The standard InChI is InChI=1S/C9H12ClNO/c10-9(11)6-8(12)7-4-2-1-3-5-7/h1-5,8-9,12H,6,11H2. The van der Waals surface area contributed by atoms with Crippen molar-refractivity contribution in [3.05, 3.63) is 35.9 Å². The number of rotatable bonds is 3. The van der Waals surface area contributed by atoms with Gasteiger partial charge in [-0.15, -0.1) is 11.6 Å². The number of hydrogen-bond donors (Lipinski definition) is 2. The highest BCUT2D eigenvalue weighted by Gasteiger charge is 2.09. The lowest BCUT2D eigenvalue weighted by Gasteiger charge is -2.11. The summed E-state index contributed by atoms with van der Waals surface area (Å²) >= 11 is 5.54. The molecule has 1 aromatic carbocycles. The van der Waals surface area contributed by atoms with E-state index >= 15 is 0 Å². The fourth-order valence-electron chi connectivity index (χ4n) is 1.02. The smallest absolute Gasteiger partial charge is 0.0828 e. The molecule has 0 amide bonds. The van der Waals surface area contributed by atoms with Gasteiger partial charge in [-0.2, -0.15) is 0 Å². The highest BCUT2D eigenvalue weighted by Crippen LogP contribution is 2.17. The van der Waals surface area contributed by atoms with E-state index in [-0.39, 0.29) is 0 Å². The predicted molar refractivity (Wildman–Crippen MR) is 49.8 cm³/mol. The molecule has 2 unspecified atom stereocenters. The fraction of sp³-hybridized carbons (Fsp3) is 0.333. The Morgan fingerprint density at radius 2 is 1.92 bits per heavy atom. The molecular formula is C9H12ClNO. The molecule has 12 heavy (non-hydrogen) atoms. The Morgan fingerprint density at radius 1 is 1.33 bits per heavy atom. The Bertz CT molecular complexity index is 225.